The van der Waals surface area contributed by atoms with Gasteiger partial charge in [-0.2, -0.15) is 4.98 Å². The van der Waals surface area contributed by atoms with E-state index in [0.717, 1.165) is 0 Å². The van der Waals surface area contributed by atoms with Crippen LogP contribution in [0.1, 0.15) is 47.1 Å². The van der Waals surface area contributed by atoms with Crippen LogP contribution < -0.4 is 25.4 Å². The molecule has 3 aromatic rings. The van der Waals surface area contributed by atoms with Gasteiger partial charge in [0.15, 0.2) is 0 Å². The third-order valence-electron chi connectivity index (χ3n) is 7.42. The Bertz CT molecular complexity index is 1600. The van der Waals surface area contributed by atoms with Crippen molar-refractivity contribution in [2.45, 2.75) is 58.3 Å². The minimum atomic E-state index is -1.13. The summed E-state index contributed by atoms with van der Waals surface area (Å²) in [6, 6.07) is 1.95. The van der Waals surface area contributed by atoms with Crippen LogP contribution in [0.2, 0.25) is 10.0 Å². The molecule has 1 atom stereocenters. The van der Waals surface area contributed by atoms with Gasteiger partial charge in [-0.1, -0.05) is 23.2 Å². The zero-order chi connectivity index (χ0) is 34.0. The fourth-order valence-electron chi connectivity index (χ4n) is 5.14. The number of rotatable bonds is 11. The number of hydrogen-bond donors (Lipinski definition) is 3. The lowest BCUT2D eigenvalue weighted by Gasteiger charge is -2.35. The number of carbonyl (C=O) groups excluding carboxylic acids is 1. The summed E-state index contributed by atoms with van der Waals surface area (Å²) in [7, 11) is 2.86. The summed E-state index contributed by atoms with van der Waals surface area (Å²) in [6.07, 6.45) is 1.69. The topological polar surface area (TPSA) is 156 Å². The van der Waals surface area contributed by atoms with E-state index in [1.54, 1.807) is 40.7 Å². The molecule has 0 spiro atoms. The number of anilines is 1. The Balaban J connectivity index is 1.98. The Hall–Kier alpha value is -3.20. The molecule has 1 fully saturated rings. The molecule has 0 radical (unpaired) electrons. The molecule has 1 unspecified atom stereocenters. The molecule has 0 amide bonds. The summed E-state index contributed by atoms with van der Waals surface area (Å²) < 4.78 is 18.0. The SMILES string of the molecule is COc1cc(OC)c(Cl)c(-c2cc3cnc(NCC(C)(C)O)nc3n(C(CCN3CC[NH+]([O-])CC3)C(=O)OC(C)(C)C)c2=O)c1Cl. The number of nitrogens with one attached hydrogen (secondary N) is 2. The van der Waals surface area contributed by atoms with Crippen molar-refractivity contribution < 1.29 is 29.2 Å². The van der Waals surface area contributed by atoms with Crippen LogP contribution in [0, 0.1) is 5.21 Å². The quantitative estimate of drug-likeness (QED) is 0.202. The van der Waals surface area contributed by atoms with Crippen molar-refractivity contribution in [3.63, 3.8) is 0 Å². The second-order valence-corrected chi connectivity index (χ2v) is 13.6. The Morgan fingerprint density at radius 2 is 1.72 bits per heavy atom. The number of ether oxygens (including phenoxy) is 3. The Morgan fingerprint density at radius 3 is 2.26 bits per heavy atom. The van der Waals surface area contributed by atoms with Gasteiger partial charge >= 0.3 is 5.97 Å². The third-order valence-corrected chi connectivity index (χ3v) is 8.17. The molecule has 1 aliphatic rings. The summed E-state index contributed by atoms with van der Waals surface area (Å²) in [6.45, 7) is 11.0. The maximum atomic E-state index is 14.7. The Morgan fingerprint density at radius 1 is 1.11 bits per heavy atom. The number of nitrogens with zero attached hydrogens (tertiary/aromatic N) is 4. The lowest BCUT2D eigenvalue weighted by atomic mass is 10.0. The largest absolute Gasteiger partial charge is 0.634 e. The zero-order valence-electron chi connectivity index (χ0n) is 27.2. The summed E-state index contributed by atoms with van der Waals surface area (Å²) in [5, 5.41) is 25.9. The molecule has 1 saturated heterocycles. The van der Waals surface area contributed by atoms with Crippen molar-refractivity contribution in [2.24, 2.45) is 0 Å². The number of hydroxylamine groups is 2. The molecule has 3 N–H and O–H groups in total. The normalized spacial score (nSPS) is 15.5. The second-order valence-electron chi connectivity index (χ2n) is 12.9. The highest BCUT2D eigenvalue weighted by Crippen LogP contribution is 2.45. The van der Waals surface area contributed by atoms with Gasteiger partial charge in [0.25, 0.3) is 5.56 Å². The molecule has 4 rings (SSSR count). The molecule has 0 bridgehead atoms. The van der Waals surface area contributed by atoms with Gasteiger partial charge in [-0.05, 0) is 47.1 Å². The van der Waals surface area contributed by atoms with E-state index in [1.165, 1.54) is 31.0 Å². The van der Waals surface area contributed by atoms with Crippen molar-refractivity contribution in [3.05, 3.63) is 43.9 Å². The van der Waals surface area contributed by atoms with E-state index in [-0.39, 0.29) is 62.3 Å². The van der Waals surface area contributed by atoms with E-state index in [4.69, 9.17) is 37.4 Å². The van der Waals surface area contributed by atoms with E-state index in [9.17, 15) is 19.9 Å². The molecule has 0 saturated carbocycles. The predicted octanol–water partition coefficient (Wildman–Crippen LogP) is 2.94. The van der Waals surface area contributed by atoms with Crippen LogP contribution in [-0.2, 0) is 9.53 Å². The van der Waals surface area contributed by atoms with Crippen LogP contribution in [0.15, 0.2) is 23.1 Å². The highest BCUT2D eigenvalue weighted by atomic mass is 35.5. The molecular weight excluding hydrogens is 639 g/mol. The molecule has 15 heteroatoms. The molecule has 0 aliphatic carbocycles. The lowest BCUT2D eigenvalue weighted by molar-refractivity contribution is -0.853. The summed E-state index contributed by atoms with van der Waals surface area (Å²) in [5.41, 5.74) is -2.16. The molecule has 3 heterocycles. The first-order valence-corrected chi connectivity index (χ1v) is 15.7. The van der Waals surface area contributed by atoms with Crippen LogP contribution in [0.3, 0.4) is 0 Å². The number of hydrogen-bond acceptors (Lipinski definition) is 11. The first-order chi connectivity index (χ1) is 21.5. The van der Waals surface area contributed by atoms with Crippen molar-refractivity contribution >= 4 is 46.2 Å². The van der Waals surface area contributed by atoms with E-state index < -0.39 is 28.8 Å². The van der Waals surface area contributed by atoms with Gasteiger partial charge in [0.2, 0.25) is 5.95 Å². The number of halogens is 2. The van der Waals surface area contributed by atoms with Gasteiger partial charge < -0.3 is 34.9 Å². The highest BCUT2D eigenvalue weighted by molar-refractivity contribution is 6.41. The van der Waals surface area contributed by atoms with Crippen molar-refractivity contribution in [2.75, 3.05) is 58.8 Å². The monoisotopic (exact) mass is 680 g/mol. The zero-order valence-corrected chi connectivity index (χ0v) is 28.7. The highest BCUT2D eigenvalue weighted by Gasteiger charge is 2.32. The number of pyridine rings is 1. The average molecular weight is 682 g/mol. The molecule has 2 aromatic heterocycles. The number of carbonyl (C=O) groups is 1. The number of aliphatic hydroxyl groups is 1. The fraction of sp³-hybridized carbons (Fsp3) is 0.548. The molecule has 1 aliphatic heterocycles. The van der Waals surface area contributed by atoms with Crippen molar-refractivity contribution in [1.82, 2.24) is 19.4 Å². The van der Waals surface area contributed by atoms with Gasteiger partial charge in [-0.15, -0.1) is 0 Å². The van der Waals surface area contributed by atoms with Crippen LogP contribution >= 0.6 is 23.2 Å². The third kappa shape index (κ3) is 8.38. The Labute approximate surface area is 277 Å². The standard InChI is InChI=1S/C31H42Cl2N6O7/c1-30(2,3)46-28(41)20(8-9-37-10-12-38(43)13-11-37)39-26-18(16-34-29(36-26)35-17-31(4,5)42)14-19(27(39)40)23-24(32)21(44-6)15-22(45-7)25(23)33/h14-16,20,38,42H,8-13,17H2,1-7H3,(H,34,35,36). The Kier molecular flexibility index (Phi) is 11.1. The van der Waals surface area contributed by atoms with Crippen molar-refractivity contribution in [1.29, 1.82) is 0 Å². The van der Waals surface area contributed by atoms with Crippen LogP contribution in [0.4, 0.5) is 5.95 Å². The van der Waals surface area contributed by atoms with Crippen LogP contribution in [0.5, 0.6) is 11.5 Å². The maximum Gasteiger partial charge on any atom is 0.329 e. The van der Waals surface area contributed by atoms with Crippen LogP contribution in [-0.4, -0.2) is 95.2 Å². The number of quaternary nitrogens is 1. The summed E-state index contributed by atoms with van der Waals surface area (Å²) >= 11 is 13.5. The minimum Gasteiger partial charge on any atom is -0.634 e. The minimum absolute atomic E-state index is 0.0672. The van der Waals surface area contributed by atoms with Gasteiger partial charge in [-0.25, -0.2) is 9.78 Å². The van der Waals surface area contributed by atoms with Gasteiger partial charge in [-0.3, -0.25) is 14.3 Å². The second kappa shape index (κ2) is 14.3. The fourth-order valence-corrected chi connectivity index (χ4v) is 5.85. The average Bonchev–Trinajstić information content (AvgIpc) is 2.97. The van der Waals surface area contributed by atoms with E-state index in [2.05, 4.69) is 20.2 Å². The number of esters is 1. The molecule has 1 aromatic carbocycles. The van der Waals surface area contributed by atoms with Crippen LogP contribution in [0.25, 0.3) is 22.2 Å². The summed E-state index contributed by atoms with van der Waals surface area (Å²) in [4.78, 5) is 39.8. The molecule has 252 valence electrons. The first-order valence-electron chi connectivity index (χ1n) is 15.0. The molecule has 13 nitrogen and oxygen atoms in total. The van der Waals surface area contributed by atoms with Gasteiger partial charge in [0.1, 0.15) is 28.8 Å². The molecular formula is C31H42Cl2N6O7. The number of methoxy groups -OCH3 is 2. The maximum absolute atomic E-state index is 14.7. The van der Waals surface area contributed by atoms with E-state index in [1.807, 2.05) is 0 Å². The predicted molar refractivity (Wildman–Crippen MR) is 177 cm³/mol. The van der Waals surface area contributed by atoms with Gasteiger partial charge in [0, 0.05) is 49.4 Å². The first kappa shape index (κ1) is 35.7. The summed E-state index contributed by atoms with van der Waals surface area (Å²) in [5.74, 6) is -0.0253. The van der Waals surface area contributed by atoms with Gasteiger partial charge in [0.05, 0.1) is 48.5 Å². The smallest absolute Gasteiger partial charge is 0.329 e. The van der Waals surface area contributed by atoms with E-state index >= 15 is 0 Å². The van der Waals surface area contributed by atoms with Crippen molar-refractivity contribution in [3.8, 4) is 22.6 Å². The number of aromatic nitrogens is 3. The molecule has 46 heavy (non-hydrogen) atoms. The van der Waals surface area contributed by atoms with E-state index in [0.29, 0.717) is 38.1 Å². The number of benzene rings is 1. The number of piperazine rings is 1. The lowest BCUT2D eigenvalue weighted by Crippen LogP contribution is -3.10. The number of fused-ring (bicyclic) bond motifs is 1.